The molecule has 0 bridgehead atoms. The van der Waals surface area contributed by atoms with Crippen LogP contribution in [-0.4, -0.2) is 4.57 Å². The van der Waals surface area contributed by atoms with Crippen molar-refractivity contribution >= 4 is 66.3 Å². The molecule has 1 heteroatoms. The summed E-state index contributed by atoms with van der Waals surface area (Å²) in [6, 6.07) is 77.4. The predicted octanol–water partition coefficient (Wildman–Crippen LogP) is 15.4. The second kappa shape index (κ2) is 13.7. The number of rotatable bonds is 6. The lowest BCUT2D eigenvalue weighted by Crippen LogP contribution is -1.94. The van der Waals surface area contributed by atoms with E-state index >= 15 is 0 Å². The third kappa shape index (κ3) is 5.72. The van der Waals surface area contributed by atoms with Crippen molar-refractivity contribution in [2.45, 2.75) is 0 Å². The van der Waals surface area contributed by atoms with Crippen LogP contribution in [0.1, 0.15) is 11.1 Å². The lowest BCUT2D eigenvalue weighted by atomic mass is 9.85. The first-order chi connectivity index (χ1) is 28.3. The van der Waals surface area contributed by atoms with Gasteiger partial charge in [-0.25, -0.2) is 0 Å². The van der Waals surface area contributed by atoms with Gasteiger partial charge in [-0.05, 0) is 107 Å². The van der Waals surface area contributed by atoms with Gasteiger partial charge in [-0.3, -0.25) is 0 Å². The Balaban J connectivity index is 0.970. The van der Waals surface area contributed by atoms with Gasteiger partial charge in [0, 0.05) is 16.5 Å². The molecule has 0 saturated carbocycles. The van der Waals surface area contributed by atoms with Crippen molar-refractivity contribution in [3.05, 3.63) is 223 Å². The minimum Gasteiger partial charge on any atom is -0.309 e. The van der Waals surface area contributed by atoms with Gasteiger partial charge in [0.05, 0.1) is 11.0 Å². The van der Waals surface area contributed by atoms with Gasteiger partial charge < -0.3 is 4.57 Å². The average molecular weight is 724 g/mol. The maximum atomic E-state index is 2.41. The molecule has 0 saturated heterocycles. The fourth-order valence-corrected chi connectivity index (χ4v) is 8.84. The zero-order valence-corrected chi connectivity index (χ0v) is 31.3. The number of para-hydroxylation sites is 2. The highest BCUT2D eigenvalue weighted by Crippen LogP contribution is 2.45. The fourth-order valence-electron chi connectivity index (χ4n) is 8.84. The van der Waals surface area contributed by atoms with Gasteiger partial charge in [0.2, 0.25) is 0 Å². The zero-order valence-electron chi connectivity index (χ0n) is 31.3. The van der Waals surface area contributed by atoms with E-state index in [-0.39, 0.29) is 0 Å². The van der Waals surface area contributed by atoms with Crippen LogP contribution in [0.3, 0.4) is 0 Å². The van der Waals surface area contributed by atoms with E-state index < -0.39 is 0 Å². The van der Waals surface area contributed by atoms with E-state index in [0.717, 1.165) is 0 Å². The van der Waals surface area contributed by atoms with E-state index in [1.807, 2.05) is 0 Å². The molecule has 10 aromatic carbocycles. The highest BCUT2D eigenvalue weighted by Gasteiger charge is 2.19. The van der Waals surface area contributed by atoms with Crippen molar-refractivity contribution < 1.29 is 0 Å². The molecule has 0 radical (unpaired) electrons. The Kier molecular flexibility index (Phi) is 7.89. The molecule has 0 atom stereocenters. The van der Waals surface area contributed by atoms with E-state index in [2.05, 4.69) is 229 Å². The van der Waals surface area contributed by atoms with Crippen molar-refractivity contribution in [2.24, 2.45) is 0 Å². The Bertz CT molecular complexity index is 3250. The fraction of sp³-hybridized carbons (Fsp3) is 0. The standard InChI is InChI=1S/C56H37N/c1-2-14-46(15-3-1)57-53-21-11-10-16-47(53)48-35-34-45(37-54(48)57)56-51-19-8-6-17-49(51)55(50-18-7-9-20-52(50)56)42-30-26-39(27-31-42)23-22-38-24-28-41(29-25-38)44-33-32-40-12-4-5-13-43(40)36-44/h1-37H. The lowest BCUT2D eigenvalue weighted by Gasteiger charge is -2.18. The molecule has 0 N–H and O–H groups in total. The first-order valence-corrected chi connectivity index (χ1v) is 19.7. The van der Waals surface area contributed by atoms with Gasteiger partial charge >= 0.3 is 0 Å². The van der Waals surface area contributed by atoms with Crippen LogP contribution in [0, 0.1) is 0 Å². The molecule has 0 aliphatic rings. The van der Waals surface area contributed by atoms with Crippen LogP contribution in [0.4, 0.5) is 0 Å². The molecular formula is C56H37N. The van der Waals surface area contributed by atoms with Crippen LogP contribution in [0.2, 0.25) is 0 Å². The monoisotopic (exact) mass is 723 g/mol. The summed E-state index contributed by atoms with van der Waals surface area (Å²) in [4.78, 5) is 0. The number of nitrogens with zero attached hydrogens (tertiary/aromatic N) is 1. The van der Waals surface area contributed by atoms with Crippen LogP contribution < -0.4 is 0 Å². The summed E-state index contributed by atoms with van der Waals surface area (Å²) >= 11 is 0. The van der Waals surface area contributed by atoms with Crippen LogP contribution >= 0.6 is 0 Å². The predicted molar refractivity (Wildman–Crippen MR) is 245 cm³/mol. The quantitative estimate of drug-likeness (QED) is 0.119. The number of fused-ring (bicyclic) bond motifs is 6. The van der Waals surface area contributed by atoms with Gasteiger partial charge in [0.1, 0.15) is 0 Å². The Morgan fingerprint density at radius 2 is 0.754 bits per heavy atom. The maximum absolute atomic E-state index is 2.41. The molecule has 0 amide bonds. The summed E-state index contributed by atoms with van der Waals surface area (Å²) in [6.07, 6.45) is 4.41. The Labute approximate surface area is 332 Å². The average Bonchev–Trinajstić information content (AvgIpc) is 3.61. The number of hydrogen-bond donors (Lipinski definition) is 0. The molecule has 11 rings (SSSR count). The molecule has 0 fully saturated rings. The third-order valence-corrected chi connectivity index (χ3v) is 11.6. The number of aromatic nitrogens is 1. The smallest absolute Gasteiger partial charge is 0.0547 e. The molecule has 0 unspecified atom stereocenters. The summed E-state index contributed by atoms with van der Waals surface area (Å²) in [7, 11) is 0. The van der Waals surface area contributed by atoms with Crippen LogP contribution in [-0.2, 0) is 0 Å². The second-order valence-electron chi connectivity index (χ2n) is 14.9. The molecule has 1 heterocycles. The van der Waals surface area contributed by atoms with Gasteiger partial charge in [0.25, 0.3) is 0 Å². The Hall–Kier alpha value is -7.48. The minimum atomic E-state index is 1.17. The normalized spacial score (nSPS) is 11.8. The van der Waals surface area contributed by atoms with E-state index in [1.54, 1.807) is 0 Å². The summed E-state index contributed by atoms with van der Waals surface area (Å²) in [5.74, 6) is 0. The van der Waals surface area contributed by atoms with E-state index in [0.29, 0.717) is 0 Å². The molecular weight excluding hydrogens is 687 g/mol. The zero-order chi connectivity index (χ0) is 37.7. The molecule has 1 nitrogen and oxygen atoms in total. The van der Waals surface area contributed by atoms with Crippen molar-refractivity contribution in [3.8, 4) is 39.1 Å². The summed E-state index contributed by atoms with van der Waals surface area (Å²) in [6.45, 7) is 0. The molecule has 266 valence electrons. The highest BCUT2D eigenvalue weighted by molar-refractivity contribution is 6.22. The first kappa shape index (κ1) is 32.9. The molecule has 1 aromatic heterocycles. The van der Waals surface area contributed by atoms with Crippen LogP contribution in [0.15, 0.2) is 212 Å². The molecule has 57 heavy (non-hydrogen) atoms. The maximum Gasteiger partial charge on any atom is 0.0547 e. The van der Waals surface area contributed by atoms with Gasteiger partial charge in [-0.2, -0.15) is 0 Å². The van der Waals surface area contributed by atoms with E-state index in [9.17, 15) is 0 Å². The Morgan fingerprint density at radius 1 is 0.281 bits per heavy atom. The van der Waals surface area contributed by atoms with Crippen LogP contribution in [0.5, 0.6) is 0 Å². The Morgan fingerprint density at radius 3 is 1.40 bits per heavy atom. The van der Waals surface area contributed by atoms with Crippen molar-refractivity contribution in [2.75, 3.05) is 0 Å². The van der Waals surface area contributed by atoms with Gasteiger partial charge in [-0.15, -0.1) is 0 Å². The summed E-state index contributed by atoms with van der Waals surface area (Å²) in [5.41, 5.74) is 13.4. The molecule has 0 aliphatic carbocycles. The number of hydrogen-bond acceptors (Lipinski definition) is 0. The molecule has 0 spiro atoms. The van der Waals surface area contributed by atoms with Gasteiger partial charge in [0.15, 0.2) is 0 Å². The number of benzene rings is 10. The third-order valence-electron chi connectivity index (χ3n) is 11.6. The molecule has 11 aromatic rings. The van der Waals surface area contributed by atoms with Crippen molar-refractivity contribution in [3.63, 3.8) is 0 Å². The van der Waals surface area contributed by atoms with Crippen LogP contribution in [0.25, 0.3) is 105 Å². The topological polar surface area (TPSA) is 4.93 Å². The SMILES string of the molecule is C(=Cc1ccc(-c2c3ccccc3c(-c3ccc4c5ccccc5n(-c5ccccc5)c4c3)c3ccccc23)cc1)c1ccc(-c2ccc3ccccc3c2)cc1. The van der Waals surface area contributed by atoms with E-state index in [4.69, 9.17) is 0 Å². The van der Waals surface area contributed by atoms with Crippen molar-refractivity contribution in [1.82, 2.24) is 4.57 Å². The minimum absolute atomic E-state index is 1.17. The van der Waals surface area contributed by atoms with E-state index in [1.165, 1.54) is 104 Å². The largest absolute Gasteiger partial charge is 0.309 e. The lowest BCUT2D eigenvalue weighted by molar-refractivity contribution is 1.18. The highest BCUT2D eigenvalue weighted by atomic mass is 15.0. The van der Waals surface area contributed by atoms with Crippen molar-refractivity contribution in [1.29, 1.82) is 0 Å². The summed E-state index contributed by atoms with van der Waals surface area (Å²) in [5, 5.41) is 10.1. The second-order valence-corrected chi connectivity index (χ2v) is 14.9. The van der Waals surface area contributed by atoms with Gasteiger partial charge in [-0.1, -0.05) is 194 Å². The molecule has 0 aliphatic heterocycles. The first-order valence-electron chi connectivity index (χ1n) is 19.7. The summed E-state index contributed by atoms with van der Waals surface area (Å²) < 4.78 is 2.41.